The first-order chi connectivity index (χ1) is 4.84. The Morgan fingerprint density at radius 3 is 3.00 bits per heavy atom. The number of hydrazine groups is 1. The number of nitrogens with two attached hydrogens (primary N) is 1. The van der Waals surface area contributed by atoms with Crippen LogP contribution < -0.4 is 11.3 Å². The molecule has 1 aromatic rings. The molecule has 0 saturated heterocycles. The quantitative estimate of drug-likeness (QED) is 0.316. The maximum absolute atomic E-state index is 10.7. The van der Waals surface area contributed by atoms with Crippen LogP contribution in [0.25, 0.3) is 0 Å². The van der Waals surface area contributed by atoms with Crippen molar-refractivity contribution in [3.63, 3.8) is 0 Å². The Morgan fingerprint density at radius 2 is 2.50 bits per heavy atom. The summed E-state index contributed by atoms with van der Waals surface area (Å²) in [5.74, 6) is 4.55. The number of nitrogens with zero attached hydrogens (tertiary/aromatic N) is 1. The topological polar surface area (TPSA) is 68.0 Å². The van der Waals surface area contributed by atoms with Gasteiger partial charge in [-0.3, -0.25) is 15.2 Å². The lowest BCUT2D eigenvalue weighted by Crippen LogP contribution is -2.29. The highest BCUT2D eigenvalue weighted by Gasteiger charge is 1.99. The smallest absolute Gasteiger partial charge is 0.266 e. The van der Waals surface area contributed by atoms with Crippen LogP contribution in [0, 0.1) is 0 Å². The fourth-order valence-electron chi connectivity index (χ4n) is 0.580. The molecule has 0 fully saturated rings. The molecule has 0 unspecified atom stereocenters. The lowest BCUT2D eigenvalue weighted by Gasteiger charge is -1.95. The minimum absolute atomic E-state index is 0.326. The van der Waals surface area contributed by atoms with Gasteiger partial charge in [0.25, 0.3) is 5.91 Å². The van der Waals surface area contributed by atoms with Gasteiger partial charge in [-0.2, -0.15) is 0 Å². The summed E-state index contributed by atoms with van der Waals surface area (Å²) >= 11 is 0. The predicted octanol–water partition coefficient (Wildman–Crippen LogP) is -0.315. The van der Waals surface area contributed by atoms with Crippen molar-refractivity contribution >= 4 is 5.91 Å². The third-order valence-corrected chi connectivity index (χ3v) is 1.05. The summed E-state index contributed by atoms with van der Waals surface area (Å²) in [5.41, 5.74) is 2.47. The summed E-state index contributed by atoms with van der Waals surface area (Å²) in [6.45, 7) is 0. The lowest BCUT2D eigenvalue weighted by molar-refractivity contribution is 0.0953. The van der Waals surface area contributed by atoms with Crippen LogP contribution in [0.1, 0.15) is 10.4 Å². The van der Waals surface area contributed by atoms with Gasteiger partial charge in [0.15, 0.2) is 0 Å². The van der Waals surface area contributed by atoms with E-state index in [0.29, 0.717) is 5.56 Å². The molecule has 0 spiro atoms. The molecular formula is C6H7N3O. The third-order valence-electron chi connectivity index (χ3n) is 1.05. The van der Waals surface area contributed by atoms with Crippen LogP contribution in [0.4, 0.5) is 0 Å². The van der Waals surface area contributed by atoms with Crippen molar-refractivity contribution in [3.05, 3.63) is 30.1 Å². The minimum atomic E-state index is -0.326. The van der Waals surface area contributed by atoms with E-state index in [1.807, 2.05) is 5.43 Å². The van der Waals surface area contributed by atoms with Crippen molar-refractivity contribution in [2.75, 3.05) is 0 Å². The van der Waals surface area contributed by atoms with Gasteiger partial charge >= 0.3 is 0 Å². The molecule has 0 aliphatic carbocycles. The average Bonchev–Trinajstić information content (AvgIpc) is 2.05. The first-order valence-electron chi connectivity index (χ1n) is 2.75. The molecule has 0 aliphatic heterocycles. The average molecular weight is 136 g/mol. The number of hydrogen-bond acceptors (Lipinski definition) is 3. The molecule has 0 radical (unpaired) electrons. The summed E-state index contributed by atoms with van der Waals surface area (Å²) in [6.07, 6.45) is 3.04. The summed E-state index contributed by atoms with van der Waals surface area (Å²) in [5, 5.41) is 0. The predicted molar refractivity (Wildman–Crippen MR) is 35.9 cm³/mol. The number of nitrogen functional groups attached to an aromatic ring is 1. The number of carbonyl (C=O) groups is 1. The molecule has 52 valence electrons. The molecule has 4 heteroatoms. The fraction of sp³-hybridized carbons (Fsp3) is 0. The first kappa shape index (κ1) is 6.70. The summed E-state index contributed by atoms with van der Waals surface area (Å²) in [4.78, 5) is 14.5. The Kier molecular flexibility index (Phi) is 1.96. The first-order valence-corrected chi connectivity index (χ1v) is 2.75. The monoisotopic (exact) mass is 136 g/mol. The van der Waals surface area contributed by atoms with Gasteiger partial charge in [-0.05, 0) is 12.1 Å². The van der Waals surface area contributed by atoms with Crippen molar-refractivity contribution < 1.29 is 4.79 Å². The van der Waals surface area contributed by atoms with E-state index in [1.54, 1.807) is 18.3 Å². The van der Waals surface area contributed by atoms with Crippen LogP contribution in [0.5, 0.6) is 0 Å². The summed E-state index contributed by atoms with van der Waals surface area (Å²) in [7, 11) is 0. The highest BCUT2D eigenvalue weighted by atomic mass is 16.1. The standard InChI is InChI=1S/C6H7N3O/c7-9-6(10)5-2-1-3-8-4-5/h1-4H,7H2,(H,9,10)/i6-1. The zero-order valence-electron chi connectivity index (χ0n) is 5.24. The van der Waals surface area contributed by atoms with Crippen LogP contribution in [-0.2, 0) is 0 Å². The molecule has 1 aromatic heterocycles. The van der Waals surface area contributed by atoms with E-state index in [-0.39, 0.29) is 5.91 Å². The third kappa shape index (κ3) is 1.29. The zero-order valence-corrected chi connectivity index (χ0v) is 5.24. The van der Waals surface area contributed by atoms with E-state index in [0.717, 1.165) is 0 Å². The van der Waals surface area contributed by atoms with E-state index < -0.39 is 0 Å². The van der Waals surface area contributed by atoms with Gasteiger partial charge in [0.2, 0.25) is 0 Å². The molecule has 0 atom stereocenters. The van der Waals surface area contributed by atoms with Crippen molar-refractivity contribution in [1.29, 1.82) is 0 Å². The van der Waals surface area contributed by atoms with Gasteiger partial charge in [-0.25, -0.2) is 5.84 Å². The molecule has 1 rings (SSSR count). The number of hydrogen-bond donors (Lipinski definition) is 2. The minimum Gasteiger partial charge on any atom is -0.290 e. The van der Waals surface area contributed by atoms with Crippen molar-refractivity contribution in [2.45, 2.75) is 0 Å². The molecule has 0 aliphatic rings. The highest BCUT2D eigenvalue weighted by Crippen LogP contribution is 1.92. The normalized spacial score (nSPS) is 8.90. The van der Waals surface area contributed by atoms with Crippen molar-refractivity contribution in [2.24, 2.45) is 5.84 Å². The lowest BCUT2D eigenvalue weighted by atomic mass is 9.92. The molecule has 0 aromatic carbocycles. The molecule has 1 heterocycles. The van der Waals surface area contributed by atoms with Crippen molar-refractivity contribution in [1.82, 2.24) is 10.4 Å². The largest absolute Gasteiger partial charge is 0.290 e. The Hall–Kier alpha value is -1.42. The van der Waals surface area contributed by atoms with Gasteiger partial charge < -0.3 is 0 Å². The van der Waals surface area contributed by atoms with Crippen molar-refractivity contribution in [3.8, 4) is 0 Å². The summed E-state index contributed by atoms with van der Waals surface area (Å²) < 4.78 is 0. The maximum Gasteiger partial charge on any atom is 0.266 e. The second-order valence-electron chi connectivity index (χ2n) is 1.72. The van der Waals surface area contributed by atoms with Crippen LogP contribution in [0.15, 0.2) is 24.5 Å². The number of nitrogens with one attached hydrogen (secondary N) is 1. The number of pyridine rings is 1. The Balaban J connectivity index is 2.85. The maximum atomic E-state index is 10.7. The number of amides is 1. The number of aromatic nitrogens is 1. The van der Waals surface area contributed by atoms with Gasteiger partial charge in [0, 0.05) is 12.4 Å². The number of carbonyl (C=O) groups excluding carboxylic acids is 1. The van der Waals surface area contributed by atoms with Gasteiger partial charge in [-0.15, -0.1) is 0 Å². The van der Waals surface area contributed by atoms with Crippen LogP contribution in [0.3, 0.4) is 0 Å². The molecule has 0 saturated carbocycles. The second-order valence-corrected chi connectivity index (χ2v) is 1.72. The second kappa shape index (κ2) is 2.93. The molecule has 3 N–H and O–H groups in total. The number of rotatable bonds is 1. The van der Waals surface area contributed by atoms with Gasteiger partial charge in [-0.1, -0.05) is 0 Å². The van der Waals surface area contributed by atoms with Gasteiger partial charge in [0.1, 0.15) is 0 Å². The Labute approximate surface area is 58.0 Å². The summed E-state index contributed by atoms with van der Waals surface area (Å²) in [6, 6.07) is 3.31. The van der Waals surface area contributed by atoms with E-state index in [2.05, 4.69) is 4.98 Å². The molecular weight excluding hydrogens is 129 g/mol. The van der Waals surface area contributed by atoms with Crippen LogP contribution in [0.2, 0.25) is 0 Å². The van der Waals surface area contributed by atoms with Crippen LogP contribution in [-0.4, -0.2) is 10.9 Å². The van der Waals surface area contributed by atoms with Crippen LogP contribution >= 0.6 is 0 Å². The molecule has 4 nitrogen and oxygen atoms in total. The molecule has 0 bridgehead atoms. The van der Waals surface area contributed by atoms with Gasteiger partial charge in [0.05, 0.1) is 5.56 Å². The van der Waals surface area contributed by atoms with E-state index >= 15 is 0 Å². The Bertz CT molecular complexity index is 222. The van der Waals surface area contributed by atoms with E-state index in [4.69, 9.17) is 5.84 Å². The highest BCUT2D eigenvalue weighted by molar-refractivity contribution is 5.93. The fourth-order valence-corrected chi connectivity index (χ4v) is 0.580. The molecule has 1 amide bonds. The van der Waals surface area contributed by atoms with E-state index in [9.17, 15) is 4.79 Å². The Morgan fingerprint density at radius 1 is 1.70 bits per heavy atom. The SMILES string of the molecule is NN[11C](=O)c1cccnc1. The molecule has 10 heavy (non-hydrogen) atoms. The zero-order chi connectivity index (χ0) is 7.40. The van der Waals surface area contributed by atoms with E-state index in [1.165, 1.54) is 6.20 Å².